The molecule has 1 saturated heterocycles. The maximum atomic E-state index is 12.3. The summed E-state index contributed by atoms with van der Waals surface area (Å²) < 4.78 is 0. The largest absolute Gasteiger partial charge is 0.336 e. The fraction of sp³-hybridized carbons (Fsp3) is 0.562. The first-order chi connectivity index (χ1) is 9.88. The van der Waals surface area contributed by atoms with E-state index in [0.29, 0.717) is 25.2 Å². The van der Waals surface area contributed by atoms with Crippen molar-refractivity contribution in [1.29, 1.82) is 0 Å². The summed E-state index contributed by atoms with van der Waals surface area (Å²) in [5.74, 6) is 0.288. The van der Waals surface area contributed by atoms with Gasteiger partial charge in [-0.3, -0.25) is 19.5 Å². The lowest BCUT2D eigenvalue weighted by molar-refractivity contribution is -0.127. The first kappa shape index (κ1) is 15.6. The quantitative estimate of drug-likeness (QED) is 0.845. The average Bonchev–Trinajstić information content (AvgIpc) is 2.47. The van der Waals surface area contributed by atoms with Crippen molar-refractivity contribution in [2.45, 2.75) is 20.8 Å². The molecule has 0 aliphatic carbocycles. The van der Waals surface area contributed by atoms with Gasteiger partial charge in [0, 0.05) is 49.6 Å². The van der Waals surface area contributed by atoms with Crippen LogP contribution < -0.4 is 0 Å². The van der Waals surface area contributed by atoms with Gasteiger partial charge in [0.1, 0.15) is 0 Å². The van der Waals surface area contributed by atoms with Crippen LogP contribution in [0.4, 0.5) is 0 Å². The molecule has 0 spiro atoms. The van der Waals surface area contributed by atoms with Crippen LogP contribution >= 0.6 is 0 Å². The lowest BCUT2D eigenvalue weighted by Gasteiger charge is -2.35. The number of carbonyl (C=O) groups excluding carboxylic acids is 2. The van der Waals surface area contributed by atoms with E-state index < -0.39 is 0 Å². The van der Waals surface area contributed by atoms with E-state index in [1.807, 2.05) is 25.7 Å². The number of carbonyl (C=O) groups is 2. The first-order valence-electron chi connectivity index (χ1n) is 7.33. The number of hydrogen-bond donors (Lipinski definition) is 0. The highest BCUT2D eigenvalue weighted by atomic mass is 16.2. The molecule has 5 nitrogen and oxygen atoms in total. The van der Waals surface area contributed by atoms with E-state index in [0.717, 1.165) is 13.1 Å². The van der Waals surface area contributed by atoms with Crippen LogP contribution in [0.5, 0.6) is 0 Å². The van der Waals surface area contributed by atoms with Crippen molar-refractivity contribution in [3.05, 3.63) is 30.1 Å². The number of nitrogens with zero attached hydrogens (tertiary/aromatic N) is 3. The molecule has 5 heteroatoms. The van der Waals surface area contributed by atoms with Crippen LogP contribution in [0.1, 0.15) is 31.1 Å². The lowest BCUT2D eigenvalue weighted by atomic mass is 9.90. The number of Topliss-reactive ketones (excluding diaryl/α,β-unsaturated/α-hetero) is 1. The first-order valence-corrected chi connectivity index (χ1v) is 7.33. The predicted octanol–water partition coefficient (Wildman–Crippen LogP) is 1.45. The number of ketones is 1. The summed E-state index contributed by atoms with van der Waals surface area (Å²) >= 11 is 0. The zero-order valence-corrected chi connectivity index (χ0v) is 13.0. The van der Waals surface area contributed by atoms with Crippen molar-refractivity contribution in [2.75, 3.05) is 32.7 Å². The Morgan fingerprint density at radius 3 is 2.19 bits per heavy atom. The minimum atomic E-state index is -0.302. The lowest BCUT2D eigenvalue weighted by Crippen LogP contribution is -2.50. The van der Waals surface area contributed by atoms with E-state index in [1.54, 1.807) is 24.5 Å². The third-order valence-electron chi connectivity index (χ3n) is 3.79. The number of rotatable bonds is 3. The molecule has 21 heavy (non-hydrogen) atoms. The van der Waals surface area contributed by atoms with Gasteiger partial charge >= 0.3 is 0 Å². The molecule has 2 rings (SSSR count). The Morgan fingerprint density at radius 2 is 1.67 bits per heavy atom. The van der Waals surface area contributed by atoms with E-state index in [9.17, 15) is 9.59 Å². The Hall–Kier alpha value is -1.75. The van der Waals surface area contributed by atoms with Crippen molar-refractivity contribution in [3.8, 4) is 0 Å². The van der Waals surface area contributed by atoms with Gasteiger partial charge in [0.2, 0.25) is 0 Å². The molecule has 0 aromatic carbocycles. The van der Waals surface area contributed by atoms with Crippen molar-refractivity contribution in [2.24, 2.45) is 5.41 Å². The third-order valence-corrected chi connectivity index (χ3v) is 3.79. The Kier molecular flexibility index (Phi) is 4.73. The second-order valence-corrected chi connectivity index (χ2v) is 6.48. The summed E-state index contributed by atoms with van der Waals surface area (Å²) in [5, 5.41) is 0. The van der Waals surface area contributed by atoms with Gasteiger partial charge in [-0.2, -0.15) is 0 Å². The monoisotopic (exact) mass is 289 g/mol. The molecule has 0 N–H and O–H groups in total. The van der Waals surface area contributed by atoms with Gasteiger partial charge in [-0.25, -0.2) is 0 Å². The zero-order valence-electron chi connectivity index (χ0n) is 13.0. The molecule has 0 saturated carbocycles. The maximum Gasteiger partial charge on any atom is 0.254 e. The van der Waals surface area contributed by atoms with Crippen LogP contribution in [0.25, 0.3) is 0 Å². The van der Waals surface area contributed by atoms with Crippen LogP contribution in [0.3, 0.4) is 0 Å². The number of piperazine rings is 1. The molecule has 1 aromatic rings. The highest BCUT2D eigenvalue weighted by Gasteiger charge is 2.27. The summed E-state index contributed by atoms with van der Waals surface area (Å²) in [4.78, 5) is 32.2. The molecule has 0 bridgehead atoms. The molecule has 2 heterocycles. The molecule has 1 aromatic heterocycles. The van der Waals surface area contributed by atoms with Gasteiger partial charge < -0.3 is 4.90 Å². The standard InChI is InChI=1S/C16H23N3O2/c1-16(2,3)14(20)12-18-8-10-19(11-9-18)15(21)13-4-6-17-7-5-13/h4-7H,8-12H2,1-3H3. The zero-order chi connectivity index (χ0) is 15.5. The molecule has 1 aliphatic heterocycles. The van der Waals surface area contributed by atoms with Crippen LogP contribution in [-0.4, -0.2) is 59.2 Å². The molecule has 1 aliphatic rings. The van der Waals surface area contributed by atoms with E-state index >= 15 is 0 Å². The fourth-order valence-corrected chi connectivity index (χ4v) is 2.23. The molecular formula is C16H23N3O2. The summed E-state index contributed by atoms with van der Waals surface area (Å²) in [6.45, 7) is 9.13. The predicted molar refractivity (Wildman–Crippen MR) is 81.0 cm³/mol. The number of pyridine rings is 1. The number of amides is 1. The highest BCUT2D eigenvalue weighted by Crippen LogP contribution is 2.16. The number of aromatic nitrogens is 1. The molecule has 1 fully saturated rings. The van der Waals surface area contributed by atoms with Gasteiger partial charge in [-0.15, -0.1) is 0 Å². The Labute approximate surface area is 126 Å². The SMILES string of the molecule is CC(C)(C)C(=O)CN1CCN(C(=O)c2ccncc2)CC1. The van der Waals surface area contributed by atoms with Crippen LogP contribution in [0, 0.1) is 5.41 Å². The molecule has 114 valence electrons. The average molecular weight is 289 g/mol. The summed E-state index contributed by atoms with van der Waals surface area (Å²) in [6.07, 6.45) is 3.26. The van der Waals surface area contributed by atoms with Crippen LogP contribution in [0.2, 0.25) is 0 Å². The van der Waals surface area contributed by atoms with Gasteiger partial charge in [-0.1, -0.05) is 20.8 Å². The van der Waals surface area contributed by atoms with Gasteiger partial charge in [-0.05, 0) is 12.1 Å². The van der Waals surface area contributed by atoms with Crippen molar-refractivity contribution >= 4 is 11.7 Å². The van der Waals surface area contributed by atoms with Gasteiger partial charge in [0.05, 0.1) is 6.54 Å². The van der Waals surface area contributed by atoms with Crippen molar-refractivity contribution in [1.82, 2.24) is 14.8 Å². The minimum absolute atomic E-state index is 0.0409. The van der Waals surface area contributed by atoms with E-state index in [1.165, 1.54) is 0 Å². The number of hydrogen-bond acceptors (Lipinski definition) is 4. The smallest absolute Gasteiger partial charge is 0.254 e. The Bertz CT molecular complexity index is 500. The summed E-state index contributed by atoms with van der Waals surface area (Å²) in [7, 11) is 0. The topological polar surface area (TPSA) is 53.5 Å². The molecular weight excluding hydrogens is 266 g/mol. The maximum absolute atomic E-state index is 12.3. The van der Waals surface area contributed by atoms with E-state index in [4.69, 9.17) is 0 Å². The normalized spacial score (nSPS) is 16.8. The second-order valence-electron chi connectivity index (χ2n) is 6.48. The van der Waals surface area contributed by atoms with E-state index in [2.05, 4.69) is 9.88 Å². The van der Waals surface area contributed by atoms with Crippen molar-refractivity contribution < 1.29 is 9.59 Å². The Morgan fingerprint density at radius 1 is 1.10 bits per heavy atom. The fourth-order valence-electron chi connectivity index (χ4n) is 2.23. The second kappa shape index (κ2) is 6.35. The van der Waals surface area contributed by atoms with Crippen LogP contribution in [0.15, 0.2) is 24.5 Å². The van der Waals surface area contributed by atoms with E-state index in [-0.39, 0.29) is 17.1 Å². The highest BCUT2D eigenvalue weighted by molar-refractivity contribution is 5.94. The molecule has 0 radical (unpaired) electrons. The van der Waals surface area contributed by atoms with Crippen molar-refractivity contribution in [3.63, 3.8) is 0 Å². The Balaban J connectivity index is 1.86. The van der Waals surface area contributed by atoms with Gasteiger partial charge in [0.25, 0.3) is 5.91 Å². The van der Waals surface area contributed by atoms with Crippen LogP contribution in [-0.2, 0) is 4.79 Å². The minimum Gasteiger partial charge on any atom is -0.336 e. The molecule has 0 unspecified atom stereocenters. The summed E-state index contributed by atoms with van der Waals surface area (Å²) in [6, 6.07) is 3.47. The molecule has 1 amide bonds. The van der Waals surface area contributed by atoms with Gasteiger partial charge in [0.15, 0.2) is 5.78 Å². The third kappa shape index (κ3) is 4.11. The summed E-state index contributed by atoms with van der Waals surface area (Å²) in [5.41, 5.74) is 0.369. The molecule has 0 atom stereocenters.